The van der Waals surface area contributed by atoms with Gasteiger partial charge in [-0.1, -0.05) is 104 Å². The molecule has 0 bridgehead atoms. The molecule has 146 valence electrons. The predicted octanol–water partition coefficient (Wildman–Crippen LogP) is 7.11. The highest BCUT2D eigenvalue weighted by Crippen LogP contribution is 2.34. The SMILES string of the molecule is C=C(/C=C/c1ccc(/C(=C(/CC)c2ccccc2)c2ccc(C)cc2)cc1)NC. The Bertz CT molecular complexity index is 1000. The van der Waals surface area contributed by atoms with Gasteiger partial charge in [0.05, 0.1) is 0 Å². The zero-order valence-electron chi connectivity index (χ0n) is 17.6. The summed E-state index contributed by atoms with van der Waals surface area (Å²) < 4.78 is 0. The second kappa shape index (κ2) is 9.75. The van der Waals surface area contributed by atoms with E-state index in [0.29, 0.717) is 0 Å². The molecule has 0 aromatic heterocycles. The summed E-state index contributed by atoms with van der Waals surface area (Å²) in [4.78, 5) is 0. The Morgan fingerprint density at radius 3 is 1.97 bits per heavy atom. The van der Waals surface area contributed by atoms with Crippen molar-refractivity contribution in [2.45, 2.75) is 20.3 Å². The molecular formula is C28H29N. The van der Waals surface area contributed by atoms with Crippen LogP contribution in [0, 0.1) is 6.92 Å². The standard InChI is InChI=1S/C28H29N/c1-5-27(24-9-7-6-8-10-24)28(25-17-11-21(2)12-18-25)26-19-15-23(16-20-26)14-13-22(3)29-4/h6-20,29H,3,5H2,1-2,4H3/b14-13+,28-27-. The third-order valence-corrected chi connectivity index (χ3v) is 5.12. The first-order valence-electron chi connectivity index (χ1n) is 10.1. The Morgan fingerprint density at radius 1 is 0.828 bits per heavy atom. The van der Waals surface area contributed by atoms with E-state index in [2.05, 4.69) is 111 Å². The number of rotatable bonds is 7. The van der Waals surface area contributed by atoms with Crippen molar-refractivity contribution in [2.24, 2.45) is 0 Å². The summed E-state index contributed by atoms with van der Waals surface area (Å²) in [6.07, 6.45) is 5.04. The number of aryl methyl sites for hydroxylation is 1. The first-order valence-corrected chi connectivity index (χ1v) is 10.1. The van der Waals surface area contributed by atoms with E-state index in [1.165, 1.54) is 33.4 Å². The van der Waals surface area contributed by atoms with Crippen LogP contribution < -0.4 is 5.32 Å². The first-order chi connectivity index (χ1) is 14.1. The van der Waals surface area contributed by atoms with Crippen LogP contribution in [0.25, 0.3) is 17.2 Å². The van der Waals surface area contributed by atoms with Crippen LogP contribution in [0.1, 0.15) is 41.2 Å². The van der Waals surface area contributed by atoms with Crippen molar-refractivity contribution in [3.05, 3.63) is 125 Å². The molecule has 3 aromatic carbocycles. The molecule has 29 heavy (non-hydrogen) atoms. The number of hydrogen-bond donors (Lipinski definition) is 1. The van der Waals surface area contributed by atoms with E-state index < -0.39 is 0 Å². The maximum atomic E-state index is 3.94. The molecular weight excluding hydrogens is 350 g/mol. The summed E-state index contributed by atoms with van der Waals surface area (Å²) in [6.45, 7) is 8.31. The summed E-state index contributed by atoms with van der Waals surface area (Å²) in [5, 5.41) is 3.04. The average Bonchev–Trinajstić information content (AvgIpc) is 2.77. The number of hydrogen-bond acceptors (Lipinski definition) is 1. The molecule has 1 N–H and O–H groups in total. The molecule has 0 fully saturated rings. The van der Waals surface area contributed by atoms with Crippen molar-refractivity contribution in [3.63, 3.8) is 0 Å². The van der Waals surface area contributed by atoms with Crippen LogP contribution in [0.5, 0.6) is 0 Å². The van der Waals surface area contributed by atoms with Crippen LogP contribution in [0.4, 0.5) is 0 Å². The smallest absolute Gasteiger partial charge is 0.0264 e. The summed E-state index contributed by atoms with van der Waals surface area (Å²) >= 11 is 0. The summed E-state index contributed by atoms with van der Waals surface area (Å²) in [7, 11) is 1.88. The van der Waals surface area contributed by atoms with Crippen molar-refractivity contribution in [1.29, 1.82) is 0 Å². The van der Waals surface area contributed by atoms with Gasteiger partial charge in [-0.2, -0.15) is 0 Å². The predicted molar refractivity (Wildman–Crippen MR) is 128 cm³/mol. The maximum Gasteiger partial charge on any atom is 0.0264 e. The molecule has 0 saturated carbocycles. The summed E-state index contributed by atoms with van der Waals surface area (Å²) in [6, 6.07) is 28.3. The van der Waals surface area contributed by atoms with E-state index in [4.69, 9.17) is 0 Å². The van der Waals surface area contributed by atoms with E-state index in [0.717, 1.165) is 17.7 Å². The minimum absolute atomic E-state index is 0.895. The van der Waals surface area contributed by atoms with Crippen LogP contribution in [0.2, 0.25) is 0 Å². The van der Waals surface area contributed by atoms with Crippen molar-refractivity contribution in [3.8, 4) is 0 Å². The minimum atomic E-state index is 0.895. The molecule has 0 heterocycles. The molecule has 0 unspecified atom stereocenters. The van der Waals surface area contributed by atoms with E-state index >= 15 is 0 Å². The van der Waals surface area contributed by atoms with Gasteiger partial charge in [-0.15, -0.1) is 0 Å². The lowest BCUT2D eigenvalue weighted by Gasteiger charge is -2.17. The highest BCUT2D eigenvalue weighted by Gasteiger charge is 2.12. The summed E-state index contributed by atoms with van der Waals surface area (Å²) in [5.41, 5.74) is 9.76. The Hall–Kier alpha value is -3.32. The van der Waals surface area contributed by atoms with Gasteiger partial charge in [0.15, 0.2) is 0 Å². The topological polar surface area (TPSA) is 12.0 Å². The van der Waals surface area contributed by atoms with Crippen molar-refractivity contribution in [2.75, 3.05) is 7.05 Å². The van der Waals surface area contributed by atoms with Crippen LogP contribution in [0.15, 0.2) is 97.2 Å². The molecule has 0 aliphatic heterocycles. The third kappa shape index (κ3) is 5.14. The quantitative estimate of drug-likeness (QED) is 0.341. The van der Waals surface area contributed by atoms with E-state index in [9.17, 15) is 0 Å². The van der Waals surface area contributed by atoms with Gasteiger partial charge in [0.1, 0.15) is 0 Å². The lowest BCUT2D eigenvalue weighted by molar-refractivity contribution is 1.04. The van der Waals surface area contributed by atoms with Crippen molar-refractivity contribution in [1.82, 2.24) is 5.32 Å². The second-order valence-electron chi connectivity index (χ2n) is 7.17. The highest BCUT2D eigenvalue weighted by molar-refractivity contribution is 5.98. The minimum Gasteiger partial charge on any atom is -0.389 e. The zero-order valence-corrected chi connectivity index (χ0v) is 17.6. The van der Waals surface area contributed by atoms with E-state index in [1.54, 1.807) is 0 Å². The van der Waals surface area contributed by atoms with Gasteiger partial charge < -0.3 is 5.32 Å². The van der Waals surface area contributed by atoms with Gasteiger partial charge in [0, 0.05) is 12.7 Å². The Morgan fingerprint density at radius 2 is 1.41 bits per heavy atom. The molecule has 1 nitrogen and oxygen atoms in total. The van der Waals surface area contributed by atoms with Crippen LogP contribution in [-0.4, -0.2) is 7.05 Å². The fourth-order valence-corrected chi connectivity index (χ4v) is 3.44. The molecule has 0 saturated heterocycles. The zero-order chi connectivity index (χ0) is 20.6. The molecule has 3 aromatic rings. The molecule has 0 amide bonds. The van der Waals surface area contributed by atoms with Gasteiger partial charge in [0.25, 0.3) is 0 Å². The number of likely N-dealkylation sites (N-methyl/N-ethyl adjacent to an activating group) is 1. The number of benzene rings is 3. The van der Waals surface area contributed by atoms with Gasteiger partial charge in [-0.3, -0.25) is 0 Å². The monoisotopic (exact) mass is 379 g/mol. The van der Waals surface area contributed by atoms with E-state index in [-0.39, 0.29) is 0 Å². The Labute approximate surface area is 175 Å². The lowest BCUT2D eigenvalue weighted by Crippen LogP contribution is -2.00. The van der Waals surface area contributed by atoms with Crippen molar-refractivity contribution >= 4 is 17.2 Å². The molecule has 0 spiro atoms. The number of allylic oxidation sites excluding steroid dienone is 2. The number of nitrogens with one attached hydrogen (secondary N) is 1. The Balaban J connectivity index is 2.11. The molecule has 3 rings (SSSR count). The molecule has 0 aliphatic carbocycles. The van der Waals surface area contributed by atoms with Crippen molar-refractivity contribution < 1.29 is 0 Å². The average molecular weight is 380 g/mol. The van der Waals surface area contributed by atoms with Crippen LogP contribution in [0.3, 0.4) is 0 Å². The van der Waals surface area contributed by atoms with E-state index in [1.807, 2.05) is 13.1 Å². The fourth-order valence-electron chi connectivity index (χ4n) is 3.44. The van der Waals surface area contributed by atoms with Gasteiger partial charge in [-0.25, -0.2) is 0 Å². The largest absolute Gasteiger partial charge is 0.389 e. The molecule has 0 atom stereocenters. The van der Waals surface area contributed by atoms with Gasteiger partial charge in [-0.05, 0) is 52.8 Å². The fraction of sp³-hybridized carbons (Fsp3) is 0.143. The normalized spacial score (nSPS) is 12.0. The first kappa shape index (κ1) is 20.4. The van der Waals surface area contributed by atoms with Gasteiger partial charge >= 0.3 is 0 Å². The third-order valence-electron chi connectivity index (χ3n) is 5.12. The lowest BCUT2D eigenvalue weighted by atomic mass is 9.87. The van der Waals surface area contributed by atoms with Crippen LogP contribution >= 0.6 is 0 Å². The second-order valence-corrected chi connectivity index (χ2v) is 7.17. The van der Waals surface area contributed by atoms with Crippen LogP contribution in [-0.2, 0) is 0 Å². The maximum absolute atomic E-state index is 3.94. The Kier molecular flexibility index (Phi) is 6.86. The highest BCUT2D eigenvalue weighted by atomic mass is 14.8. The summed E-state index contributed by atoms with van der Waals surface area (Å²) in [5.74, 6) is 0. The molecule has 0 radical (unpaired) electrons. The molecule has 0 aliphatic rings. The van der Waals surface area contributed by atoms with Gasteiger partial charge in [0.2, 0.25) is 0 Å². The molecule has 1 heteroatoms.